The fraction of sp³-hybridized carbons (Fsp3) is 0.250. The number of nitro groups is 1. The molecule has 0 unspecified atom stereocenters. The molecule has 3 rings (SSSR count). The molecule has 3 aromatic rings. The number of nitrogens with one attached hydrogen (secondary N) is 2. The van der Waals surface area contributed by atoms with Crippen LogP contribution in [0.25, 0.3) is 0 Å². The van der Waals surface area contributed by atoms with Gasteiger partial charge in [0.25, 0.3) is 5.91 Å². The first-order valence-corrected chi connectivity index (χ1v) is 8.16. The quantitative estimate of drug-likeness (QED) is 0.453. The van der Waals surface area contributed by atoms with Gasteiger partial charge in [0.15, 0.2) is 0 Å². The zero-order valence-corrected chi connectivity index (χ0v) is 15.1. The molecule has 3 heterocycles. The van der Waals surface area contributed by atoms with Crippen molar-refractivity contribution in [2.75, 3.05) is 5.32 Å². The van der Waals surface area contributed by atoms with Gasteiger partial charge in [-0.3, -0.25) is 29.1 Å². The number of anilines is 1. The molecular formula is C16H17N7O5. The summed E-state index contributed by atoms with van der Waals surface area (Å²) in [7, 11) is 1.57. The van der Waals surface area contributed by atoms with Crippen molar-refractivity contribution in [3.63, 3.8) is 0 Å². The van der Waals surface area contributed by atoms with Crippen LogP contribution in [0.1, 0.15) is 21.9 Å². The smallest absolute Gasteiger partial charge is 0.309 e. The van der Waals surface area contributed by atoms with Crippen molar-refractivity contribution in [1.82, 2.24) is 24.9 Å². The number of hydrogen-bond donors (Lipinski definition) is 2. The second-order valence-electron chi connectivity index (χ2n) is 5.87. The lowest BCUT2D eigenvalue weighted by molar-refractivity contribution is -0.385. The molecule has 3 aromatic heterocycles. The summed E-state index contributed by atoms with van der Waals surface area (Å²) in [6, 6.07) is 3.43. The van der Waals surface area contributed by atoms with E-state index in [0.717, 1.165) is 6.20 Å². The lowest BCUT2D eigenvalue weighted by atomic mass is 10.3. The molecule has 146 valence electrons. The van der Waals surface area contributed by atoms with Crippen molar-refractivity contribution in [3.05, 3.63) is 58.1 Å². The van der Waals surface area contributed by atoms with Crippen LogP contribution in [0.15, 0.2) is 35.2 Å². The predicted octanol–water partition coefficient (Wildman–Crippen LogP) is 0.995. The fourth-order valence-electron chi connectivity index (χ4n) is 2.56. The number of carbonyl (C=O) groups is 2. The third kappa shape index (κ3) is 3.90. The summed E-state index contributed by atoms with van der Waals surface area (Å²) in [6.07, 6.45) is 3.93. The summed E-state index contributed by atoms with van der Waals surface area (Å²) in [5.41, 5.74) is 0.446. The number of hydrogen-bond acceptors (Lipinski definition) is 7. The molecule has 2 amide bonds. The van der Waals surface area contributed by atoms with E-state index < -0.39 is 16.7 Å². The Balaban J connectivity index is 1.68. The van der Waals surface area contributed by atoms with Gasteiger partial charge in [0.2, 0.25) is 5.91 Å². The average molecular weight is 387 g/mol. The summed E-state index contributed by atoms with van der Waals surface area (Å²) in [5, 5.41) is 24.0. The second-order valence-corrected chi connectivity index (χ2v) is 5.87. The molecule has 0 aliphatic rings. The first kappa shape index (κ1) is 18.8. The SMILES string of the molecule is Cc1c([N+](=O)[O-])cnn1CC(=O)Nc1cnn(C)c1C(=O)NCc1ccco1. The summed E-state index contributed by atoms with van der Waals surface area (Å²) in [6.45, 7) is 1.43. The van der Waals surface area contributed by atoms with E-state index in [1.54, 1.807) is 19.2 Å². The van der Waals surface area contributed by atoms with Crippen molar-refractivity contribution < 1.29 is 18.9 Å². The lowest BCUT2D eigenvalue weighted by Crippen LogP contribution is -2.27. The van der Waals surface area contributed by atoms with Crippen LogP contribution in [-0.2, 0) is 24.9 Å². The Labute approximate surface area is 158 Å². The van der Waals surface area contributed by atoms with Gasteiger partial charge in [-0.05, 0) is 19.1 Å². The van der Waals surface area contributed by atoms with E-state index in [4.69, 9.17) is 4.42 Å². The van der Waals surface area contributed by atoms with Crippen molar-refractivity contribution in [3.8, 4) is 0 Å². The van der Waals surface area contributed by atoms with E-state index in [1.165, 1.54) is 28.7 Å². The Bertz CT molecular complexity index is 1020. The Kier molecular flexibility index (Phi) is 5.20. The molecule has 12 heteroatoms. The number of aromatic nitrogens is 4. The van der Waals surface area contributed by atoms with Crippen molar-refractivity contribution >= 4 is 23.2 Å². The molecule has 0 aromatic carbocycles. The van der Waals surface area contributed by atoms with Crippen LogP contribution in [0.5, 0.6) is 0 Å². The van der Waals surface area contributed by atoms with Crippen LogP contribution >= 0.6 is 0 Å². The van der Waals surface area contributed by atoms with Gasteiger partial charge < -0.3 is 15.1 Å². The summed E-state index contributed by atoms with van der Waals surface area (Å²) < 4.78 is 7.70. The number of nitrogens with zero attached hydrogens (tertiary/aromatic N) is 5. The highest BCUT2D eigenvalue weighted by Crippen LogP contribution is 2.17. The van der Waals surface area contributed by atoms with E-state index in [9.17, 15) is 19.7 Å². The minimum Gasteiger partial charge on any atom is -0.467 e. The average Bonchev–Trinajstić information content (AvgIpc) is 3.35. The number of rotatable bonds is 7. The highest BCUT2D eigenvalue weighted by atomic mass is 16.6. The fourth-order valence-corrected chi connectivity index (χ4v) is 2.56. The van der Waals surface area contributed by atoms with Gasteiger partial charge in [0.1, 0.15) is 29.9 Å². The number of amides is 2. The molecule has 0 atom stereocenters. The van der Waals surface area contributed by atoms with E-state index >= 15 is 0 Å². The molecule has 0 spiro atoms. The molecule has 0 aliphatic carbocycles. The Morgan fingerprint density at radius 1 is 1.32 bits per heavy atom. The molecule has 12 nitrogen and oxygen atoms in total. The van der Waals surface area contributed by atoms with Gasteiger partial charge in [-0.25, -0.2) is 0 Å². The normalized spacial score (nSPS) is 10.6. The minimum atomic E-state index is -0.570. The number of carbonyl (C=O) groups excluding carboxylic acids is 2. The topological polar surface area (TPSA) is 150 Å². The van der Waals surface area contributed by atoms with Gasteiger partial charge in [0, 0.05) is 7.05 Å². The summed E-state index contributed by atoms with van der Waals surface area (Å²) in [4.78, 5) is 35.1. The Hall–Kier alpha value is -3.96. The van der Waals surface area contributed by atoms with Gasteiger partial charge >= 0.3 is 5.69 Å². The molecule has 28 heavy (non-hydrogen) atoms. The van der Waals surface area contributed by atoms with Crippen LogP contribution in [0.3, 0.4) is 0 Å². The van der Waals surface area contributed by atoms with Gasteiger partial charge in [-0.1, -0.05) is 0 Å². The van der Waals surface area contributed by atoms with Crippen molar-refractivity contribution in [2.24, 2.45) is 7.05 Å². The monoisotopic (exact) mass is 387 g/mol. The minimum absolute atomic E-state index is 0.156. The van der Waals surface area contributed by atoms with Crippen LogP contribution in [0.2, 0.25) is 0 Å². The summed E-state index contributed by atoms with van der Waals surface area (Å²) >= 11 is 0. The molecular weight excluding hydrogens is 370 g/mol. The van der Waals surface area contributed by atoms with Gasteiger partial charge in [-0.2, -0.15) is 10.2 Å². The van der Waals surface area contributed by atoms with Gasteiger partial charge in [-0.15, -0.1) is 0 Å². The van der Waals surface area contributed by atoms with Crippen LogP contribution in [0.4, 0.5) is 11.4 Å². The first-order valence-electron chi connectivity index (χ1n) is 8.16. The highest BCUT2D eigenvalue weighted by molar-refractivity contribution is 6.02. The molecule has 0 fully saturated rings. The lowest BCUT2D eigenvalue weighted by Gasteiger charge is -2.09. The van der Waals surface area contributed by atoms with E-state index in [0.29, 0.717) is 5.76 Å². The number of aryl methyl sites for hydroxylation is 1. The maximum absolute atomic E-state index is 12.5. The van der Waals surface area contributed by atoms with Gasteiger partial charge in [0.05, 0.1) is 29.6 Å². The zero-order chi connectivity index (χ0) is 20.3. The van der Waals surface area contributed by atoms with Crippen molar-refractivity contribution in [1.29, 1.82) is 0 Å². The number of furan rings is 1. The van der Waals surface area contributed by atoms with E-state index in [-0.39, 0.29) is 35.9 Å². The Morgan fingerprint density at radius 2 is 2.11 bits per heavy atom. The maximum Gasteiger partial charge on any atom is 0.309 e. The zero-order valence-electron chi connectivity index (χ0n) is 15.1. The van der Waals surface area contributed by atoms with Crippen LogP contribution in [0, 0.1) is 17.0 Å². The van der Waals surface area contributed by atoms with E-state index in [1.807, 2.05) is 0 Å². The second kappa shape index (κ2) is 7.73. The van der Waals surface area contributed by atoms with Crippen molar-refractivity contribution in [2.45, 2.75) is 20.0 Å². The standard InChI is InChI=1S/C16H17N7O5/c1-10-13(23(26)27)8-19-22(10)9-14(24)20-12-7-18-21(2)15(12)16(25)17-6-11-4-3-5-28-11/h3-5,7-8H,6,9H2,1-2H3,(H,17,25)(H,20,24). The van der Waals surface area contributed by atoms with E-state index in [2.05, 4.69) is 20.8 Å². The summed E-state index contributed by atoms with van der Waals surface area (Å²) in [5.74, 6) is -0.372. The third-order valence-corrected chi connectivity index (χ3v) is 4.00. The molecule has 0 bridgehead atoms. The maximum atomic E-state index is 12.5. The largest absolute Gasteiger partial charge is 0.467 e. The van der Waals surface area contributed by atoms with Crippen LogP contribution in [-0.4, -0.2) is 36.3 Å². The Morgan fingerprint density at radius 3 is 2.75 bits per heavy atom. The molecule has 0 aliphatic heterocycles. The van der Waals surface area contributed by atoms with Crippen LogP contribution < -0.4 is 10.6 Å². The first-order chi connectivity index (χ1) is 13.4. The molecule has 0 saturated heterocycles. The highest BCUT2D eigenvalue weighted by Gasteiger charge is 2.21. The predicted molar refractivity (Wildman–Crippen MR) is 95.3 cm³/mol. The molecule has 0 saturated carbocycles. The molecule has 0 radical (unpaired) electrons. The molecule has 2 N–H and O–H groups in total. The third-order valence-electron chi connectivity index (χ3n) is 4.00.